The maximum atomic E-state index is 12.9. The van der Waals surface area contributed by atoms with Crippen LogP contribution < -0.4 is 10.2 Å². The monoisotopic (exact) mass is 421 g/mol. The number of aliphatic hydroxyl groups is 1. The third-order valence-corrected chi connectivity index (χ3v) is 5.01. The molecule has 2 amide bonds. The number of carbonyl (C=O) groups is 2. The summed E-state index contributed by atoms with van der Waals surface area (Å²) >= 11 is 0. The number of rotatable bonds is 6. The van der Waals surface area contributed by atoms with Gasteiger partial charge in [0, 0.05) is 19.7 Å². The average Bonchev–Trinajstić information content (AvgIpc) is 3.39. The maximum absolute atomic E-state index is 12.9. The van der Waals surface area contributed by atoms with Crippen molar-refractivity contribution in [3.63, 3.8) is 0 Å². The fourth-order valence-electron chi connectivity index (χ4n) is 3.44. The molecule has 10 nitrogen and oxygen atoms in total. The van der Waals surface area contributed by atoms with E-state index in [0.717, 1.165) is 5.56 Å². The van der Waals surface area contributed by atoms with Crippen molar-refractivity contribution >= 4 is 23.7 Å². The number of likely N-dealkylation sites (N-methyl/N-ethyl adjacent to an activating group) is 1. The lowest BCUT2D eigenvalue weighted by Gasteiger charge is -2.19. The van der Waals surface area contributed by atoms with Crippen LogP contribution in [0.2, 0.25) is 0 Å². The van der Waals surface area contributed by atoms with E-state index in [0.29, 0.717) is 31.0 Å². The van der Waals surface area contributed by atoms with Crippen LogP contribution in [0, 0.1) is 0 Å². The second kappa shape index (κ2) is 8.92. The van der Waals surface area contributed by atoms with Crippen molar-refractivity contribution in [2.24, 2.45) is 0 Å². The molecular weight excluding hydrogens is 398 g/mol. The predicted molar refractivity (Wildman–Crippen MR) is 113 cm³/mol. The molecule has 10 heteroatoms. The van der Waals surface area contributed by atoms with E-state index < -0.39 is 11.9 Å². The highest BCUT2D eigenvalue weighted by molar-refractivity contribution is 6.00. The molecule has 0 saturated carbocycles. The Morgan fingerprint density at radius 3 is 2.87 bits per heavy atom. The number of aryl methyl sites for hydroxylation is 1. The van der Waals surface area contributed by atoms with Gasteiger partial charge in [0.05, 0.1) is 18.8 Å². The summed E-state index contributed by atoms with van der Waals surface area (Å²) in [4.78, 5) is 31.1. The number of hydrogen-bond donors (Lipinski definition) is 2. The SMILES string of the molecule is CN1C(=O)C(NC(=O)c2ncn(Cc3ccccc3)n2)CCn2nc(/C=C/CO)cc21. The van der Waals surface area contributed by atoms with E-state index in [-0.39, 0.29) is 18.3 Å². The molecule has 0 radical (unpaired) electrons. The summed E-state index contributed by atoms with van der Waals surface area (Å²) in [7, 11) is 1.65. The van der Waals surface area contributed by atoms with Gasteiger partial charge in [-0.1, -0.05) is 36.4 Å². The second-order valence-corrected chi connectivity index (χ2v) is 7.20. The van der Waals surface area contributed by atoms with Gasteiger partial charge in [0.15, 0.2) is 0 Å². The van der Waals surface area contributed by atoms with Crippen molar-refractivity contribution in [2.45, 2.75) is 25.6 Å². The highest BCUT2D eigenvalue weighted by Gasteiger charge is 2.31. The van der Waals surface area contributed by atoms with Gasteiger partial charge in [0.2, 0.25) is 5.82 Å². The van der Waals surface area contributed by atoms with Crippen molar-refractivity contribution in [3.05, 3.63) is 65.9 Å². The summed E-state index contributed by atoms with van der Waals surface area (Å²) in [6, 6.07) is 10.8. The topological polar surface area (TPSA) is 118 Å². The molecule has 0 saturated heterocycles. The first-order valence-corrected chi connectivity index (χ1v) is 9.92. The summed E-state index contributed by atoms with van der Waals surface area (Å²) in [5.41, 5.74) is 1.70. The highest BCUT2D eigenvalue weighted by atomic mass is 16.2. The smallest absolute Gasteiger partial charge is 0.291 e. The third-order valence-electron chi connectivity index (χ3n) is 5.01. The lowest BCUT2D eigenvalue weighted by molar-refractivity contribution is -0.120. The zero-order chi connectivity index (χ0) is 21.8. The van der Waals surface area contributed by atoms with Crippen molar-refractivity contribution in [1.82, 2.24) is 29.9 Å². The number of aliphatic hydroxyl groups excluding tert-OH is 1. The van der Waals surface area contributed by atoms with Crippen LogP contribution in [0.3, 0.4) is 0 Å². The molecule has 1 atom stereocenters. The molecule has 160 valence electrons. The molecular formula is C21H23N7O3. The molecule has 1 aliphatic heterocycles. The fourth-order valence-corrected chi connectivity index (χ4v) is 3.44. The van der Waals surface area contributed by atoms with E-state index in [1.807, 2.05) is 30.3 Å². The number of amides is 2. The summed E-state index contributed by atoms with van der Waals surface area (Å²) in [6.45, 7) is 0.875. The lowest BCUT2D eigenvalue weighted by atomic mass is 10.2. The van der Waals surface area contributed by atoms with Gasteiger partial charge in [-0.3, -0.25) is 14.5 Å². The molecule has 31 heavy (non-hydrogen) atoms. The molecule has 0 spiro atoms. The molecule has 1 unspecified atom stereocenters. The summed E-state index contributed by atoms with van der Waals surface area (Å²) in [5, 5.41) is 20.3. The van der Waals surface area contributed by atoms with Gasteiger partial charge < -0.3 is 10.4 Å². The standard InChI is InChI=1S/C21H23N7O3/c1-26-18-12-16(8-5-11-29)24-28(18)10-9-17(21(26)31)23-20(30)19-22-14-27(25-19)13-15-6-3-2-4-7-15/h2-8,12,14,17,29H,9-11,13H2,1H3,(H,23,30)/b8-5+. The van der Waals surface area contributed by atoms with Crippen molar-refractivity contribution in [1.29, 1.82) is 0 Å². The lowest BCUT2D eigenvalue weighted by Crippen LogP contribution is -2.47. The minimum absolute atomic E-state index is 0.0183. The average molecular weight is 421 g/mol. The molecule has 3 heterocycles. The summed E-state index contributed by atoms with van der Waals surface area (Å²) < 4.78 is 3.30. The van der Waals surface area contributed by atoms with Crippen LogP contribution in [0.5, 0.6) is 0 Å². The minimum Gasteiger partial charge on any atom is -0.392 e. The maximum Gasteiger partial charge on any atom is 0.291 e. The highest BCUT2D eigenvalue weighted by Crippen LogP contribution is 2.22. The second-order valence-electron chi connectivity index (χ2n) is 7.20. The molecule has 4 rings (SSSR count). The Morgan fingerprint density at radius 1 is 1.29 bits per heavy atom. The predicted octanol–water partition coefficient (Wildman–Crippen LogP) is 0.693. The van der Waals surface area contributed by atoms with Gasteiger partial charge in [-0.2, -0.15) is 5.10 Å². The van der Waals surface area contributed by atoms with Crippen LogP contribution >= 0.6 is 0 Å². The van der Waals surface area contributed by atoms with Crippen LogP contribution in [0.15, 0.2) is 48.8 Å². The first-order chi connectivity index (χ1) is 15.0. The Kier molecular flexibility index (Phi) is 5.89. The third kappa shape index (κ3) is 4.53. The Morgan fingerprint density at radius 2 is 2.10 bits per heavy atom. The van der Waals surface area contributed by atoms with Crippen molar-refractivity contribution < 1.29 is 14.7 Å². The fraction of sp³-hybridized carbons (Fsp3) is 0.286. The number of anilines is 1. The Bertz CT molecular complexity index is 1100. The number of nitrogens with zero attached hydrogens (tertiary/aromatic N) is 6. The van der Waals surface area contributed by atoms with Crippen LogP contribution in [-0.2, 0) is 17.9 Å². The van der Waals surface area contributed by atoms with Gasteiger partial charge in [-0.05, 0) is 18.1 Å². The number of carbonyl (C=O) groups excluding carboxylic acids is 2. The number of nitrogens with one attached hydrogen (secondary N) is 1. The Hall–Kier alpha value is -3.79. The zero-order valence-corrected chi connectivity index (χ0v) is 17.0. The van der Waals surface area contributed by atoms with Crippen molar-refractivity contribution in [2.75, 3.05) is 18.6 Å². The van der Waals surface area contributed by atoms with E-state index in [1.54, 1.807) is 34.6 Å². The summed E-state index contributed by atoms with van der Waals surface area (Å²) in [6.07, 6.45) is 5.16. The van der Waals surface area contributed by atoms with Gasteiger partial charge in [-0.25, -0.2) is 14.3 Å². The van der Waals surface area contributed by atoms with E-state index in [2.05, 4.69) is 20.5 Å². The first-order valence-electron chi connectivity index (χ1n) is 9.92. The zero-order valence-electron chi connectivity index (χ0n) is 17.0. The molecule has 0 aliphatic carbocycles. The first kappa shape index (κ1) is 20.5. The number of benzene rings is 1. The molecule has 0 bridgehead atoms. The van der Waals surface area contributed by atoms with Gasteiger partial charge in [0.25, 0.3) is 11.8 Å². The molecule has 1 aromatic carbocycles. The van der Waals surface area contributed by atoms with E-state index in [1.165, 1.54) is 11.2 Å². The van der Waals surface area contributed by atoms with Gasteiger partial charge >= 0.3 is 0 Å². The molecule has 1 aliphatic rings. The van der Waals surface area contributed by atoms with Crippen molar-refractivity contribution in [3.8, 4) is 0 Å². The molecule has 2 N–H and O–H groups in total. The summed E-state index contributed by atoms with van der Waals surface area (Å²) in [5.74, 6) is -0.0903. The number of fused-ring (bicyclic) bond motifs is 1. The van der Waals surface area contributed by atoms with E-state index in [9.17, 15) is 9.59 Å². The van der Waals surface area contributed by atoms with Crippen LogP contribution in [0.1, 0.15) is 28.3 Å². The molecule has 2 aromatic heterocycles. The molecule has 3 aromatic rings. The van der Waals surface area contributed by atoms with E-state index in [4.69, 9.17) is 5.11 Å². The minimum atomic E-state index is -0.711. The molecule has 0 fully saturated rings. The number of aromatic nitrogens is 5. The van der Waals surface area contributed by atoms with E-state index >= 15 is 0 Å². The Labute approximate surface area is 178 Å². The number of hydrogen-bond acceptors (Lipinski definition) is 6. The van der Waals surface area contributed by atoms with Crippen LogP contribution in [0.4, 0.5) is 5.82 Å². The quantitative estimate of drug-likeness (QED) is 0.605. The Balaban J connectivity index is 1.42. The van der Waals surface area contributed by atoms with Gasteiger partial charge in [0.1, 0.15) is 18.2 Å². The normalized spacial score (nSPS) is 16.4. The van der Waals surface area contributed by atoms with Crippen LogP contribution in [0.25, 0.3) is 6.08 Å². The largest absolute Gasteiger partial charge is 0.392 e. The van der Waals surface area contributed by atoms with Crippen LogP contribution in [-0.4, -0.2) is 61.2 Å². The van der Waals surface area contributed by atoms with Gasteiger partial charge in [-0.15, -0.1) is 5.10 Å².